The zero-order valence-electron chi connectivity index (χ0n) is 23.3. The second kappa shape index (κ2) is 12.1. The van der Waals surface area contributed by atoms with E-state index in [2.05, 4.69) is 16.0 Å². The summed E-state index contributed by atoms with van der Waals surface area (Å²) in [5.74, 6) is -2.33. The van der Waals surface area contributed by atoms with E-state index in [1.165, 1.54) is 42.5 Å². The van der Waals surface area contributed by atoms with Crippen molar-refractivity contribution in [2.75, 3.05) is 18.4 Å². The highest BCUT2D eigenvalue weighted by atomic mass is 32.2. The molecule has 7 nitrogen and oxygen atoms in total. The molecule has 5 rings (SSSR count). The first-order valence-corrected chi connectivity index (χ1v) is 15.6. The maximum absolute atomic E-state index is 15.2. The van der Waals surface area contributed by atoms with Crippen LogP contribution in [0.1, 0.15) is 37.3 Å². The lowest BCUT2D eigenvalue weighted by atomic mass is 9.98. The van der Waals surface area contributed by atoms with Crippen molar-refractivity contribution in [3.63, 3.8) is 0 Å². The first-order valence-electron chi connectivity index (χ1n) is 14.1. The number of primary amides is 1. The van der Waals surface area contributed by atoms with E-state index in [-0.39, 0.29) is 43.0 Å². The van der Waals surface area contributed by atoms with Crippen LogP contribution in [-0.2, 0) is 27.5 Å². The predicted molar refractivity (Wildman–Crippen MR) is 157 cm³/mol. The monoisotopic (exact) mass is 600 g/mol. The minimum Gasteiger partial charge on any atom is -0.373 e. The number of nitrogens with one attached hydrogen (secondary N) is 3. The van der Waals surface area contributed by atoms with Crippen molar-refractivity contribution in [3.05, 3.63) is 89.2 Å². The third kappa shape index (κ3) is 6.33. The molecule has 0 spiro atoms. The zero-order chi connectivity index (χ0) is 30.1. The van der Waals surface area contributed by atoms with E-state index in [9.17, 15) is 22.0 Å². The fourth-order valence-electron chi connectivity index (χ4n) is 5.72. The summed E-state index contributed by atoms with van der Waals surface area (Å²) in [5.41, 5.74) is 7.30. The molecule has 1 saturated carbocycles. The summed E-state index contributed by atoms with van der Waals surface area (Å²) in [4.78, 5) is 11.2. The second-order valence-corrected chi connectivity index (χ2v) is 13.8. The molecule has 3 aromatic rings. The summed E-state index contributed by atoms with van der Waals surface area (Å²) in [7, 11) is -3.53. The van der Waals surface area contributed by atoms with E-state index in [0.29, 0.717) is 36.2 Å². The average molecular weight is 601 g/mol. The van der Waals surface area contributed by atoms with Crippen molar-refractivity contribution < 1.29 is 26.4 Å². The highest BCUT2D eigenvalue weighted by Gasteiger charge is 2.52. The maximum Gasteiger partial charge on any atom is 0.240 e. The van der Waals surface area contributed by atoms with E-state index < -0.39 is 49.4 Å². The lowest BCUT2D eigenvalue weighted by Crippen LogP contribution is -2.67. The van der Waals surface area contributed by atoms with Crippen molar-refractivity contribution in [1.29, 1.82) is 0 Å². The van der Waals surface area contributed by atoms with Crippen molar-refractivity contribution in [2.45, 2.75) is 61.2 Å². The molecule has 11 heteroatoms. The quantitative estimate of drug-likeness (QED) is 0.264. The van der Waals surface area contributed by atoms with Gasteiger partial charge in [-0.3, -0.25) is 10.1 Å². The average Bonchev–Trinajstić information content (AvgIpc) is 3.79. The molecule has 1 amide bonds. The number of carbonyl (C=O) groups is 1. The molecule has 224 valence electrons. The number of sulfone groups is 1. The summed E-state index contributed by atoms with van der Waals surface area (Å²) in [6, 6.07) is 13.3. The van der Waals surface area contributed by atoms with E-state index in [1.807, 2.05) is 6.92 Å². The van der Waals surface area contributed by atoms with Gasteiger partial charge in [-0.2, -0.15) is 0 Å². The highest BCUT2D eigenvalue weighted by molar-refractivity contribution is 7.93. The molecule has 0 unspecified atom stereocenters. The Bertz CT molecular complexity index is 1580. The lowest BCUT2D eigenvalue weighted by Gasteiger charge is -2.41. The fourth-order valence-corrected chi connectivity index (χ4v) is 8.17. The van der Waals surface area contributed by atoms with Gasteiger partial charge in [0.05, 0.1) is 5.25 Å². The van der Waals surface area contributed by atoms with Crippen LogP contribution in [0.15, 0.2) is 60.7 Å². The van der Waals surface area contributed by atoms with Crippen LogP contribution in [0.3, 0.4) is 0 Å². The summed E-state index contributed by atoms with van der Waals surface area (Å²) < 4.78 is 70.9. The Morgan fingerprint density at radius 2 is 1.83 bits per heavy atom. The molecule has 42 heavy (non-hydrogen) atoms. The number of hydrogen-bond acceptors (Lipinski definition) is 6. The molecule has 1 aliphatic carbocycles. The molecule has 0 radical (unpaired) electrons. The lowest BCUT2D eigenvalue weighted by molar-refractivity contribution is -0.118. The molecule has 2 fully saturated rings. The van der Waals surface area contributed by atoms with Gasteiger partial charge in [-0.05, 0) is 74.1 Å². The molecule has 0 aromatic heterocycles. The second-order valence-electron chi connectivity index (χ2n) is 11.3. The highest BCUT2D eigenvalue weighted by Crippen LogP contribution is 2.39. The minimum atomic E-state index is -3.53. The van der Waals surface area contributed by atoms with Gasteiger partial charge in [0.1, 0.15) is 28.4 Å². The predicted octanol–water partition coefficient (Wildman–Crippen LogP) is 4.07. The maximum atomic E-state index is 15.2. The van der Waals surface area contributed by atoms with Gasteiger partial charge in [0.15, 0.2) is 9.84 Å². The van der Waals surface area contributed by atoms with Crippen molar-refractivity contribution >= 4 is 21.4 Å². The Morgan fingerprint density at radius 1 is 1.07 bits per heavy atom. The number of hydrogen-bond donors (Lipinski definition) is 4. The number of nitrogens with two attached hydrogens (primary N) is 1. The minimum absolute atomic E-state index is 0.00856. The van der Waals surface area contributed by atoms with Gasteiger partial charge in [-0.1, -0.05) is 30.3 Å². The normalized spacial score (nSPS) is 21.6. The van der Waals surface area contributed by atoms with Crippen molar-refractivity contribution in [1.82, 2.24) is 10.6 Å². The third-order valence-electron chi connectivity index (χ3n) is 8.06. The van der Waals surface area contributed by atoms with Crippen LogP contribution in [0, 0.1) is 17.5 Å². The number of benzene rings is 3. The van der Waals surface area contributed by atoms with Crippen LogP contribution in [0.25, 0.3) is 11.1 Å². The Labute approximate surface area is 244 Å². The molecule has 1 aliphatic heterocycles. The van der Waals surface area contributed by atoms with Gasteiger partial charge in [0.25, 0.3) is 0 Å². The number of anilines is 1. The summed E-state index contributed by atoms with van der Waals surface area (Å²) in [5, 5.41) is 9.13. The first-order chi connectivity index (χ1) is 20.0. The van der Waals surface area contributed by atoms with Crippen LogP contribution in [0.5, 0.6) is 0 Å². The molecular weight excluding hydrogens is 565 g/mol. The van der Waals surface area contributed by atoms with Crippen LogP contribution in [0.2, 0.25) is 0 Å². The van der Waals surface area contributed by atoms with Gasteiger partial charge in [0.2, 0.25) is 5.91 Å². The summed E-state index contributed by atoms with van der Waals surface area (Å²) in [6.45, 7) is 2.75. The largest absolute Gasteiger partial charge is 0.373 e. The Kier molecular flexibility index (Phi) is 8.63. The third-order valence-corrected chi connectivity index (χ3v) is 11.0. The molecule has 3 aromatic carbocycles. The molecule has 3 atom stereocenters. The first kappa shape index (κ1) is 30.1. The molecular formula is C31H35F3N4O3S. The molecule has 5 N–H and O–H groups in total. The standard InChI is InChI=1S/C31H35F3N4O3S/c1-19-17-36-18-31(38-19,42(40,41)23-9-10-23)13-12-25-26(33)6-3-7-28(25)37-29(30(35)39)15-20-8-11-24(27(34)14-20)21-4-2-5-22(32)16-21/h2-8,11,14,16,19,23,29,36-38H,9-10,12-13,15,17-18H2,1H3,(H2,35,39)/t19-,29-,31-/m0/s1. The van der Waals surface area contributed by atoms with Gasteiger partial charge < -0.3 is 16.4 Å². The van der Waals surface area contributed by atoms with E-state index in [1.54, 1.807) is 18.2 Å². The Morgan fingerprint density at radius 3 is 2.50 bits per heavy atom. The smallest absolute Gasteiger partial charge is 0.240 e. The molecule has 2 aliphatic rings. The van der Waals surface area contributed by atoms with E-state index in [0.717, 1.165) is 0 Å². The molecule has 0 bridgehead atoms. The van der Waals surface area contributed by atoms with Gasteiger partial charge in [-0.25, -0.2) is 21.6 Å². The molecule has 1 heterocycles. The SMILES string of the molecule is C[C@H]1CNC[C@](CCc2c(F)cccc2N[C@@H](Cc2ccc(-c3cccc(F)c3)c(F)c2)C(N)=O)(S(=O)(=O)C2CC2)N1. The number of carbonyl (C=O) groups excluding carboxylic acids is 1. The van der Waals surface area contributed by atoms with Crippen molar-refractivity contribution in [2.24, 2.45) is 5.73 Å². The number of rotatable bonds is 11. The number of amides is 1. The topological polar surface area (TPSA) is 113 Å². The van der Waals surface area contributed by atoms with Crippen LogP contribution >= 0.6 is 0 Å². The van der Waals surface area contributed by atoms with Gasteiger partial charge in [-0.15, -0.1) is 0 Å². The molecule has 1 saturated heterocycles. The van der Waals surface area contributed by atoms with Crippen LogP contribution in [0.4, 0.5) is 18.9 Å². The Balaban J connectivity index is 1.36. The van der Waals surface area contributed by atoms with Crippen LogP contribution in [-0.4, -0.2) is 49.6 Å². The van der Waals surface area contributed by atoms with E-state index in [4.69, 9.17) is 5.73 Å². The summed E-state index contributed by atoms with van der Waals surface area (Å²) in [6.07, 6.45) is 1.47. The number of halogens is 3. The summed E-state index contributed by atoms with van der Waals surface area (Å²) >= 11 is 0. The van der Waals surface area contributed by atoms with Crippen LogP contribution < -0.4 is 21.7 Å². The number of piperazine rings is 1. The van der Waals surface area contributed by atoms with Crippen molar-refractivity contribution in [3.8, 4) is 11.1 Å². The van der Waals surface area contributed by atoms with Gasteiger partial charge in [0, 0.05) is 42.4 Å². The zero-order valence-corrected chi connectivity index (χ0v) is 24.1. The van der Waals surface area contributed by atoms with E-state index >= 15 is 4.39 Å². The Hall–Kier alpha value is -3.41. The fraction of sp³-hybridized carbons (Fsp3) is 0.387. The van der Waals surface area contributed by atoms with Gasteiger partial charge >= 0.3 is 0 Å².